The lowest BCUT2D eigenvalue weighted by Gasteiger charge is -2.32. The number of benzene rings is 1. The Hall–Kier alpha value is -4.67. The first-order valence-corrected chi connectivity index (χ1v) is 18.8. The van der Waals surface area contributed by atoms with E-state index in [1.807, 2.05) is 36.4 Å². The molecular weight excluding hydrogens is 624 g/mol. The number of hydrogen-bond acceptors (Lipinski definition) is 8. The lowest BCUT2D eigenvalue weighted by atomic mass is 9.93. The van der Waals surface area contributed by atoms with Gasteiger partial charge in [-0.15, -0.1) is 0 Å². The van der Waals surface area contributed by atoms with E-state index in [0.29, 0.717) is 29.5 Å². The third-order valence-electron chi connectivity index (χ3n) is 11.4. The standard InChI is InChI=1S/C23H27N5O.C16H23N5/c1-16-12-14-27(15-13-16)20-11-10-19-21(25-20)28(18-8-5-9-18)23(24-19)26-22(29)17-6-3-2-4-7-17;1-11-7-9-20(10-8-11)14-6-5-13-15(19-14)21(16(17)18-13)12-3-2-4-12/h2-4,6-7,10-11,16,18H,5,8-9,12-15H2,1H3,(H,24,26,29);5-6,11-12H,2-4,7-10H2,1H3,(H2,17,18). The van der Waals surface area contributed by atoms with Crippen molar-refractivity contribution in [1.82, 2.24) is 29.1 Å². The summed E-state index contributed by atoms with van der Waals surface area (Å²) in [5.74, 6) is 4.81. The summed E-state index contributed by atoms with van der Waals surface area (Å²) in [5.41, 5.74) is 10.4. The van der Waals surface area contributed by atoms with Gasteiger partial charge in [0.15, 0.2) is 11.3 Å². The molecule has 1 aromatic carbocycles. The van der Waals surface area contributed by atoms with E-state index in [0.717, 1.165) is 84.8 Å². The van der Waals surface area contributed by atoms with Crippen molar-refractivity contribution in [3.05, 3.63) is 60.2 Å². The van der Waals surface area contributed by atoms with Gasteiger partial charge in [0, 0.05) is 43.8 Å². The van der Waals surface area contributed by atoms with Crippen LogP contribution in [0.2, 0.25) is 0 Å². The fraction of sp³-hybridized carbons (Fsp3) is 0.513. The van der Waals surface area contributed by atoms with Gasteiger partial charge in [0.25, 0.3) is 5.91 Å². The highest BCUT2D eigenvalue weighted by atomic mass is 16.1. The van der Waals surface area contributed by atoms with Crippen molar-refractivity contribution in [2.75, 3.05) is 47.0 Å². The second-order valence-corrected chi connectivity index (χ2v) is 15.0. The van der Waals surface area contributed by atoms with Crippen molar-refractivity contribution in [2.24, 2.45) is 11.8 Å². The Morgan fingerprint density at radius 3 is 1.66 bits per heavy atom. The number of piperidine rings is 2. The summed E-state index contributed by atoms with van der Waals surface area (Å²) in [6.45, 7) is 8.96. The van der Waals surface area contributed by atoms with Gasteiger partial charge in [-0.05, 0) is 112 Å². The van der Waals surface area contributed by atoms with Crippen LogP contribution in [-0.2, 0) is 0 Å². The summed E-state index contributed by atoms with van der Waals surface area (Å²) in [5, 5.41) is 3.03. The molecule has 2 saturated carbocycles. The molecule has 0 unspecified atom stereocenters. The number of nitrogens with one attached hydrogen (secondary N) is 1. The van der Waals surface area contributed by atoms with E-state index in [2.05, 4.69) is 61.3 Å². The van der Waals surface area contributed by atoms with Crippen LogP contribution in [0.3, 0.4) is 0 Å². The molecule has 3 N–H and O–H groups in total. The van der Waals surface area contributed by atoms with E-state index in [1.165, 1.54) is 51.4 Å². The summed E-state index contributed by atoms with van der Waals surface area (Å²) < 4.78 is 4.30. The van der Waals surface area contributed by atoms with Crippen LogP contribution in [0.15, 0.2) is 54.6 Å². The molecule has 0 atom stereocenters. The van der Waals surface area contributed by atoms with Crippen molar-refractivity contribution < 1.29 is 4.79 Å². The first kappa shape index (κ1) is 32.5. The molecule has 2 saturated heterocycles. The van der Waals surface area contributed by atoms with E-state index in [-0.39, 0.29) is 5.91 Å². The maximum absolute atomic E-state index is 12.7. The number of nitrogens with zero attached hydrogens (tertiary/aromatic N) is 8. The topological polar surface area (TPSA) is 123 Å². The molecule has 4 aromatic heterocycles. The minimum Gasteiger partial charge on any atom is -0.369 e. The normalized spacial score (nSPS) is 19.2. The smallest absolute Gasteiger partial charge is 0.257 e. The maximum atomic E-state index is 12.7. The predicted octanol–water partition coefficient (Wildman–Crippen LogP) is 7.62. The predicted molar refractivity (Wildman–Crippen MR) is 201 cm³/mol. The first-order valence-electron chi connectivity index (χ1n) is 18.8. The average molecular weight is 675 g/mol. The quantitative estimate of drug-likeness (QED) is 0.189. The Morgan fingerprint density at radius 1 is 0.640 bits per heavy atom. The second kappa shape index (κ2) is 13.9. The number of nitrogen functional groups attached to an aromatic ring is 1. The van der Waals surface area contributed by atoms with Gasteiger partial charge in [-0.25, -0.2) is 19.9 Å². The van der Waals surface area contributed by atoms with E-state index in [4.69, 9.17) is 20.7 Å². The van der Waals surface area contributed by atoms with Crippen molar-refractivity contribution in [3.8, 4) is 0 Å². The number of hydrogen-bond donors (Lipinski definition) is 2. The van der Waals surface area contributed by atoms with Crippen molar-refractivity contribution in [2.45, 2.75) is 90.1 Å². The number of pyridine rings is 2. The number of anilines is 4. The molecule has 0 radical (unpaired) electrons. The number of aromatic nitrogens is 6. The molecule has 0 spiro atoms. The second-order valence-electron chi connectivity index (χ2n) is 15.0. The minimum absolute atomic E-state index is 0.133. The van der Waals surface area contributed by atoms with Crippen LogP contribution in [0, 0.1) is 11.8 Å². The lowest BCUT2D eigenvalue weighted by Crippen LogP contribution is -2.33. The SMILES string of the molecule is CC1CCN(c2ccc3nc(N)n(C4CCC4)c3n2)CC1.CC1CCN(c2ccc3nc(NC(=O)c4ccccc4)n(C4CCC4)c3n2)CC1. The molecular formula is C39H50N10O. The summed E-state index contributed by atoms with van der Waals surface area (Å²) in [6.07, 6.45) is 12.0. The van der Waals surface area contributed by atoms with Gasteiger partial charge in [0.2, 0.25) is 11.9 Å². The van der Waals surface area contributed by atoms with Crippen LogP contribution in [0.1, 0.15) is 100 Å². The zero-order chi connectivity index (χ0) is 34.2. The Balaban J connectivity index is 0.000000152. The van der Waals surface area contributed by atoms with Gasteiger partial charge in [0.1, 0.15) is 22.7 Å². The molecule has 6 heterocycles. The summed E-state index contributed by atoms with van der Waals surface area (Å²) >= 11 is 0. The number of rotatable bonds is 6. The molecule has 2 aliphatic heterocycles. The molecule has 5 aromatic rings. The number of carbonyl (C=O) groups is 1. The highest BCUT2D eigenvalue weighted by molar-refractivity contribution is 6.04. The van der Waals surface area contributed by atoms with Crippen molar-refractivity contribution >= 4 is 51.8 Å². The average Bonchev–Trinajstić information content (AvgIpc) is 3.60. The zero-order valence-corrected chi connectivity index (χ0v) is 29.5. The van der Waals surface area contributed by atoms with E-state index in [9.17, 15) is 4.79 Å². The number of amides is 1. The molecule has 0 bridgehead atoms. The van der Waals surface area contributed by atoms with Gasteiger partial charge >= 0.3 is 0 Å². The fourth-order valence-electron chi connectivity index (χ4n) is 7.62. The van der Waals surface area contributed by atoms with Gasteiger partial charge in [0.05, 0.1) is 0 Å². The Labute approximate surface area is 294 Å². The molecule has 50 heavy (non-hydrogen) atoms. The first-order chi connectivity index (χ1) is 24.4. The van der Waals surface area contributed by atoms with Crippen LogP contribution in [0.4, 0.5) is 23.5 Å². The fourth-order valence-corrected chi connectivity index (χ4v) is 7.62. The van der Waals surface area contributed by atoms with Crippen LogP contribution in [-0.4, -0.2) is 61.2 Å². The Morgan fingerprint density at radius 2 is 1.14 bits per heavy atom. The number of fused-ring (bicyclic) bond motifs is 2. The summed E-state index contributed by atoms with van der Waals surface area (Å²) in [4.78, 5) is 36.6. The third-order valence-corrected chi connectivity index (χ3v) is 11.4. The van der Waals surface area contributed by atoms with Gasteiger partial charge in [-0.1, -0.05) is 32.0 Å². The zero-order valence-electron chi connectivity index (χ0n) is 29.5. The number of nitrogens with two attached hydrogens (primary N) is 1. The summed E-state index contributed by atoms with van der Waals surface area (Å²) in [7, 11) is 0. The molecule has 4 fully saturated rings. The Bertz CT molecular complexity index is 1940. The van der Waals surface area contributed by atoms with Crippen LogP contribution in [0.25, 0.3) is 22.3 Å². The maximum Gasteiger partial charge on any atom is 0.257 e. The highest BCUT2D eigenvalue weighted by Crippen LogP contribution is 2.38. The monoisotopic (exact) mass is 674 g/mol. The van der Waals surface area contributed by atoms with Gasteiger partial charge < -0.3 is 15.5 Å². The molecule has 2 aliphatic carbocycles. The van der Waals surface area contributed by atoms with Gasteiger partial charge in [-0.2, -0.15) is 0 Å². The third kappa shape index (κ3) is 6.50. The van der Waals surface area contributed by atoms with Crippen LogP contribution < -0.4 is 20.9 Å². The van der Waals surface area contributed by atoms with Crippen molar-refractivity contribution in [3.63, 3.8) is 0 Å². The number of carbonyl (C=O) groups excluding carboxylic acids is 1. The molecule has 4 aliphatic rings. The summed E-state index contributed by atoms with van der Waals surface area (Å²) in [6, 6.07) is 18.4. The molecule has 262 valence electrons. The molecule has 11 heteroatoms. The highest BCUT2D eigenvalue weighted by Gasteiger charge is 2.28. The van der Waals surface area contributed by atoms with Gasteiger partial charge in [-0.3, -0.25) is 19.2 Å². The lowest BCUT2D eigenvalue weighted by molar-refractivity contribution is 0.102. The molecule has 1 amide bonds. The van der Waals surface area contributed by atoms with Crippen LogP contribution in [0.5, 0.6) is 0 Å². The van der Waals surface area contributed by atoms with E-state index >= 15 is 0 Å². The van der Waals surface area contributed by atoms with Crippen LogP contribution >= 0.6 is 0 Å². The van der Waals surface area contributed by atoms with E-state index < -0.39 is 0 Å². The minimum atomic E-state index is -0.133. The molecule has 11 nitrogen and oxygen atoms in total. The Kier molecular flexibility index (Phi) is 9.06. The number of imidazole rings is 2. The van der Waals surface area contributed by atoms with E-state index in [1.54, 1.807) is 0 Å². The largest absolute Gasteiger partial charge is 0.369 e. The van der Waals surface area contributed by atoms with Crippen molar-refractivity contribution in [1.29, 1.82) is 0 Å². The molecule has 9 rings (SSSR count).